The lowest BCUT2D eigenvalue weighted by Gasteiger charge is -2.34. The maximum absolute atomic E-state index is 12.1. The van der Waals surface area contributed by atoms with E-state index >= 15 is 0 Å². The summed E-state index contributed by atoms with van der Waals surface area (Å²) in [5, 5.41) is 0. The molecule has 1 aliphatic heterocycles. The normalized spacial score (nSPS) is 27.5. The van der Waals surface area contributed by atoms with E-state index in [-0.39, 0.29) is 5.91 Å². The van der Waals surface area contributed by atoms with E-state index < -0.39 is 16.3 Å². The molecule has 1 unspecified atom stereocenters. The third-order valence-corrected chi connectivity index (χ3v) is 4.63. The van der Waals surface area contributed by atoms with Gasteiger partial charge in [0.1, 0.15) is 0 Å². The highest BCUT2D eigenvalue weighted by Gasteiger charge is 2.46. The number of amides is 1. The number of hydrogen-bond donors (Lipinski definition) is 1. The molecule has 0 aromatic rings. The molecule has 0 bridgehead atoms. The van der Waals surface area contributed by atoms with Gasteiger partial charge in [-0.3, -0.25) is 9.00 Å². The molecule has 1 atom stereocenters. The lowest BCUT2D eigenvalue weighted by Crippen LogP contribution is -2.57. The Kier molecular flexibility index (Phi) is 2.85. The fourth-order valence-electron chi connectivity index (χ4n) is 2.04. The fraction of sp³-hybridized carbons (Fsp3) is 0.900. The number of rotatable bonds is 2. The van der Waals surface area contributed by atoms with Crippen LogP contribution < -0.4 is 5.73 Å². The van der Waals surface area contributed by atoms with Gasteiger partial charge in [-0.15, -0.1) is 0 Å². The zero-order chi connectivity index (χ0) is 11.1. The summed E-state index contributed by atoms with van der Waals surface area (Å²) < 4.78 is 11.2. The van der Waals surface area contributed by atoms with E-state index in [2.05, 4.69) is 0 Å². The van der Waals surface area contributed by atoms with Crippen LogP contribution >= 0.6 is 0 Å². The minimum Gasteiger partial charge on any atom is -0.339 e. The minimum absolute atomic E-state index is 0.0432. The molecular formula is C10H18N2O2S. The van der Waals surface area contributed by atoms with Crippen LogP contribution in [0.3, 0.4) is 0 Å². The number of nitrogens with zero attached hydrogens (tertiary/aromatic N) is 1. The highest BCUT2D eigenvalue weighted by Crippen LogP contribution is 2.39. The van der Waals surface area contributed by atoms with Crippen LogP contribution in [0.15, 0.2) is 0 Å². The van der Waals surface area contributed by atoms with Crippen molar-refractivity contribution in [2.45, 2.75) is 25.3 Å². The van der Waals surface area contributed by atoms with Crippen LogP contribution in [0.1, 0.15) is 19.8 Å². The van der Waals surface area contributed by atoms with E-state index in [1.807, 2.05) is 6.92 Å². The van der Waals surface area contributed by atoms with E-state index in [1.54, 1.807) is 4.90 Å². The number of carbonyl (C=O) groups is 1. The maximum atomic E-state index is 12.1. The van der Waals surface area contributed by atoms with Crippen LogP contribution in [-0.2, 0) is 15.6 Å². The van der Waals surface area contributed by atoms with Crippen molar-refractivity contribution in [2.75, 3.05) is 24.6 Å². The molecule has 1 amide bonds. The van der Waals surface area contributed by atoms with Gasteiger partial charge in [-0.25, -0.2) is 0 Å². The maximum Gasteiger partial charge on any atom is 0.242 e. The zero-order valence-electron chi connectivity index (χ0n) is 9.07. The average molecular weight is 230 g/mol. The van der Waals surface area contributed by atoms with Crippen molar-refractivity contribution in [1.82, 2.24) is 4.90 Å². The van der Waals surface area contributed by atoms with Crippen molar-refractivity contribution < 1.29 is 9.00 Å². The Morgan fingerprint density at radius 3 is 2.40 bits per heavy atom. The first-order valence-electron chi connectivity index (χ1n) is 5.45. The summed E-state index contributed by atoms with van der Waals surface area (Å²) in [6.45, 7) is 3.04. The molecule has 0 aromatic carbocycles. The molecule has 5 heteroatoms. The van der Waals surface area contributed by atoms with E-state index in [0.717, 1.165) is 12.8 Å². The summed E-state index contributed by atoms with van der Waals surface area (Å²) in [6.07, 6.45) is 2.14. The summed E-state index contributed by atoms with van der Waals surface area (Å²) in [5.41, 5.74) is 5.37. The van der Waals surface area contributed by atoms with Gasteiger partial charge in [-0.1, -0.05) is 0 Å². The van der Waals surface area contributed by atoms with Gasteiger partial charge < -0.3 is 10.6 Å². The highest BCUT2D eigenvalue weighted by molar-refractivity contribution is 7.85. The second-order valence-electron chi connectivity index (χ2n) is 4.70. The van der Waals surface area contributed by atoms with E-state index in [4.69, 9.17) is 5.73 Å². The van der Waals surface area contributed by atoms with E-state index in [1.165, 1.54) is 0 Å². The molecule has 2 aliphatic rings. The Hall–Kier alpha value is -0.420. The Labute approximate surface area is 92.6 Å². The van der Waals surface area contributed by atoms with Crippen molar-refractivity contribution in [2.24, 2.45) is 11.7 Å². The van der Waals surface area contributed by atoms with Gasteiger partial charge >= 0.3 is 0 Å². The third kappa shape index (κ3) is 2.23. The van der Waals surface area contributed by atoms with E-state index in [9.17, 15) is 9.00 Å². The first kappa shape index (κ1) is 11.1. The van der Waals surface area contributed by atoms with Crippen molar-refractivity contribution in [3.8, 4) is 0 Å². The van der Waals surface area contributed by atoms with Gasteiger partial charge in [-0.05, 0) is 25.7 Å². The molecule has 1 aliphatic carbocycles. The molecule has 1 heterocycles. The lowest BCUT2D eigenvalue weighted by atomic mass is 9.95. The Balaban J connectivity index is 1.98. The number of nitrogens with two attached hydrogens (primary N) is 1. The Morgan fingerprint density at radius 2 is 1.93 bits per heavy atom. The molecule has 0 spiro atoms. The molecule has 86 valence electrons. The largest absolute Gasteiger partial charge is 0.339 e. The minimum atomic E-state index is -0.734. The van der Waals surface area contributed by atoms with Gasteiger partial charge in [0.25, 0.3) is 0 Å². The summed E-state index contributed by atoms with van der Waals surface area (Å²) in [6, 6.07) is 0. The second-order valence-corrected chi connectivity index (χ2v) is 6.39. The summed E-state index contributed by atoms with van der Waals surface area (Å²) in [7, 11) is -0.734. The van der Waals surface area contributed by atoms with Crippen LogP contribution in [0.4, 0.5) is 0 Å². The van der Waals surface area contributed by atoms with Gasteiger partial charge in [0, 0.05) is 35.4 Å². The monoisotopic (exact) mass is 230 g/mol. The number of carbonyl (C=O) groups excluding carboxylic acids is 1. The molecule has 2 N–H and O–H groups in total. The third-order valence-electron chi connectivity index (χ3n) is 3.35. The molecule has 1 saturated carbocycles. The first-order valence-corrected chi connectivity index (χ1v) is 6.94. The molecule has 2 rings (SSSR count). The Morgan fingerprint density at radius 1 is 1.40 bits per heavy atom. The van der Waals surface area contributed by atoms with E-state index in [0.29, 0.717) is 30.5 Å². The van der Waals surface area contributed by atoms with Gasteiger partial charge in [0.15, 0.2) is 0 Å². The summed E-state index contributed by atoms with van der Waals surface area (Å²) in [4.78, 5) is 13.9. The van der Waals surface area contributed by atoms with Crippen LogP contribution in [0.25, 0.3) is 0 Å². The molecular weight excluding hydrogens is 212 g/mol. The smallest absolute Gasteiger partial charge is 0.242 e. The van der Waals surface area contributed by atoms with Crippen molar-refractivity contribution in [3.63, 3.8) is 0 Å². The predicted molar refractivity (Wildman–Crippen MR) is 59.8 cm³/mol. The van der Waals surface area contributed by atoms with Gasteiger partial charge in [0.05, 0.1) is 5.54 Å². The van der Waals surface area contributed by atoms with Crippen LogP contribution in [0.2, 0.25) is 0 Å². The van der Waals surface area contributed by atoms with Crippen LogP contribution in [-0.4, -0.2) is 45.2 Å². The average Bonchev–Trinajstić information content (AvgIpc) is 3.01. The van der Waals surface area contributed by atoms with Gasteiger partial charge in [-0.2, -0.15) is 0 Å². The summed E-state index contributed by atoms with van der Waals surface area (Å²) in [5.74, 6) is 1.61. The van der Waals surface area contributed by atoms with Crippen molar-refractivity contribution >= 4 is 16.7 Å². The van der Waals surface area contributed by atoms with Crippen LogP contribution in [0.5, 0.6) is 0 Å². The lowest BCUT2D eigenvalue weighted by molar-refractivity contribution is -0.136. The SMILES string of the molecule is CC(N)(C(=O)N1CCS(=O)CC1)C1CC1. The fourth-order valence-corrected chi connectivity index (χ4v) is 3.09. The number of hydrogen-bond acceptors (Lipinski definition) is 3. The molecule has 0 aromatic heterocycles. The quantitative estimate of drug-likeness (QED) is 0.708. The zero-order valence-corrected chi connectivity index (χ0v) is 9.89. The second kappa shape index (κ2) is 3.87. The van der Waals surface area contributed by atoms with Crippen molar-refractivity contribution in [3.05, 3.63) is 0 Å². The molecule has 0 radical (unpaired) electrons. The molecule has 4 nitrogen and oxygen atoms in total. The van der Waals surface area contributed by atoms with Crippen LogP contribution in [0, 0.1) is 5.92 Å². The van der Waals surface area contributed by atoms with Crippen molar-refractivity contribution in [1.29, 1.82) is 0 Å². The topological polar surface area (TPSA) is 63.4 Å². The first-order chi connectivity index (χ1) is 7.01. The summed E-state index contributed by atoms with van der Waals surface area (Å²) >= 11 is 0. The van der Waals surface area contributed by atoms with Gasteiger partial charge in [0.2, 0.25) is 5.91 Å². The molecule has 1 saturated heterocycles. The predicted octanol–water partition coefficient (Wildman–Crippen LogP) is -0.295. The molecule has 15 heavy (non-hydrogen) atoms. The molecule has 2 fully saturated rings. The highest BCUT2D eigenvalue weighted by atomic mass is 32.2. The standard InChI is InChI=1S/C10H18N2O2S/c1-10(11,8-2-3-8)9(13)12-4-6-15(14)7-5-12/h8H,2-7,11H2,1H3. The Bertz CT molecular complexity index is 290.